The highest BCUT2D eigenvalue weighted by atomic mass is 35.5. The van der Waals surface area contributed by atoms with Crippen LogP contribution in [0.15, 0.2) is 95.8 Å². The standard InChI is InChI=1S/C31H24ClNO4/c1-2-37-30(35)17-21-7-3-4-8-23(21)26-16-22-15-25(27(32)18-28(22)33-31(26)36)20-13-11-19(12-14-20)24-9-5-6-10-29(24)34/h3-16,18,34H,2,17H2,1H3,(H,33,36). The third-order valence-electron chi connectivity index (χ3n) is 6.29. The maximum Gasteiger partial charge on any atom is 0.310 e. The number of esters is 1. The van der Waals surface area contributed by atoms with E-state index in [9.17, 15) is 14.7 Å². The summed E-state index contributed by atoms with van der Waals surface area (Å²) in [5, 5.41) is 11.5. The van der Waals surface area contributed by atoms with Gasteiger partial charge in [-0.05, 0) is 58.8 Å². The Morgan fingerprint density at radius 2 is 1.46 bits per heavy atom. The number of phenols is 1. The quantitative estimate of drug-likeness (QED) is 0.242. The van der Waals surface area contributed by atoms with Crippen LogP contribution in [-0.2, 0) is 16.0 Å². The summed E-state index contributed by atoms with van der Waals surface area (Å²) >= 11 is 6.63. The Labute approximate surface area is 218 Å². The molecule has 0 spiro atoms. The van der Waals surface area contributed by atoms with Crippen molar-refractivity contribution in [2.24, 2.45) is 0 Å². The molecule has 184 valence electrons. The van der Waals surface area contributed by atoms with Crippen LogP contribution >= 0.6 is 11.6 Å². The van der Waals surface area contributed by atoms with Gasteiger partial charge in [-0.15, -0.1) is 0 Å². The summed E-state index contributed by atoms with van der Waals surface area (Å²) < 4.78 is 5.10. The highest BCUT2D eigenvalue weighted by Crippen LogP contribution is 2.35. The van der Waals surface area contributed by atoms with Gasteiger partial charge in [0, 0.05) is 22.2 Å². The lowest BCUT2D eigenvalue weighted by Crippen LogP contribution is -2.12. The average Bonchev–Trinajstić information content (AvgIpc) is 2.89. The zero-order chi connectivity index (χ0) is 25.9. The Hall–Kier alpha value is -4.35. The summed E-state index contributed by atoms with van der Waals surface area (Å²) in [6.45, 7) is 2.06. The number of hydrogen-bond donors (Lipinski definition) is 2. The molecular formula is C31H24ClNO4. The molecule has 5 aromatic rings. The van der Waals surface area contributed by atoms with Crippen molar-refractivity contribution in [2.45, 2.75) is 13.3 Å². The van der Waals surface area contributed by atoms with Crippen molar-refractivity contribution in [3.8, 4) is 39.1 Å². The first-order valence-electron chi connectivity index (χ1n) is 11.9. The van der Waals surface area contributed by atoms with E-state index >= 15 is 0 Å². The van der Waals surface area contributed by atoms with Crippen LogP contribution in [-0.4, -0.2) is 22.7 Å². The van der Waals surface area contributed by atoms with Crippen LogP contribution in [0.3, 0.4) is 0 Å². The van der Waals surface area contributed by atoms with E-state index in [4.69, 9.17) is 16.3 Å². The molecule has 6 heteroatoms. The van der Waals surface area contributed by atoms with Crippen LogP contribution in [0.4, 0.5) is 0 Å². The van der Waals surface area contributed by atoms with Crippen LogP contribution < -0.4 is 5.56 Å². The van der Waals surface area contributed by atoms with Crippen LogP contribution in [0.5, 0.6) is 5.75 Å². The lowest BCUT2D eigenvalue weighted by Gasteiger charge is -2.12. The molecule has 0 atom stereocenters. The fourth-order valence-electron chi connectivity index (χ4n) is 4.50. The van der Waals surface area contributed by atoms with Crippen molar-refractivity contribution < 1.29 is 14.6 Å². The number of nitrogens with one attached hydrogen (secondary N) is 1. The number of halogens is 1. The van der Waals surface area contributed by atoms with E-state index in [0.29, 0.717) is 28.3 Å². The number of ether oxygens (including phenoxy) is 1. The third-order valence-corrected chi connectivity index (χ3v) is 6.60. The SMILES string of the molecule is CCOC(=O)Cc1ccccc1-c1cc2cc(-c3ccc(-c4ccccc4O)cc3)c(Cl)cc2[nH]c1=O. The molecule has 0 saturated carbocycles. The minimum absolute atomic E-state index is 0.0800. The minimum atomic E-state index is -0.339. The highest BCUT2D eigenvalue weighted by Gasteiger charge is 2.15. The van der Waals surface area contributed by atoms with Crippen molar-refractivity contribution in [1.82, 2.24) is 4.98 Å². The molecule has 0 fully saturated rings. The van der Waals surface area contributed by atoms with Gasteiger partial charge in [0.2, 0.25) is 0 Å². The number of rotatable bonds is 6. The maximum atomic E-state index is 13.0. The number of aromatic nitrogens is 1. The summed E-state index contributed by atoms with van der Waals surface area (Å²) in [5.74, 6) is -0.118. The predicted molar refractivity (Wildman–Crippen MR) is 148 cm³/mol. The lowest BCUT2D eigenvalue weighted by atomic mass is 9.96. The normalized spacial score (nSPS) is 11.0. The number of pyridine rings is 1. The van der Waals surface area contributed by atoms with E-state index in [1.165, 1.54) is 0 Å². The molecule has 2 N–H and O–H groups in total. The fourth-order valence-corrected chi connectivity index (χ4v) is 4.77. The summed E-state index contributed by atoms with van der Waals surface area (Å²) in [6, 6.07) is 27.8. The van der Waals surface area contributed by atoms with Gasteiger partial charge in [0.15, 0.2) is 0 Å². The van der Waals surface area contributed by atoms with Crippen molar-refractivity contribution in [3.63, 3.8) is 0 Å². The van der Waals surface area contributed by atoms with Crippen LogP contribution in [0, 0.1) is 0 Å². The van der Waals surface area contributed by atoms with Crippen molar-refractivity contribution in [2.75, 3.05) is 6.61 Å². The first-order chi connectivity index (χ1) is 17.9. The molecule has 1 heterocycles. The third kappa shape index (κ3) is 4.99. The highest BCUT2D eigenvalue weighted by molar-refractivity contribution is 6.34. The summed E-state index contributed by atoms with van der Waals surface area (Å²) in [5.41, 5.74) is 5.59. The van der Waals surface area contributed by atoms with E-state index in [2.05, 4.69) is 4.98 Å². The molecule has 37 heavy (non-hydrogen) atoms. The van der Waals surface area contributed by atoms with E-state index < -0.39 is 0 Å². The number of aromatic amines is 1. The molecule has 1 aromatic heterocycles. The van der Waals surface area contributed by atoms with Crippen LogP contribution in [0.1, 0.15) is 12.5 Å². The molecule has 5 nitrogen and oxygen atoms in total. The summed E-state index contributed by atoms with van der Waals surface area (Å²) in [4.78, 5) is 28.1. The van der Waals surface area contributed by atoms with Crippen LogP contribution in [0.2, 0.25) is 5.02 Å². The number of H-pyrrole nitrogens is 1. The van der Waals surface area contributed by atoms with Gasteiger partial charge in [-0.2, -0.15) is 0 Å². The first-order valence-corrected chi connectivity index (χ1v) is 12.3. The van der Waals surface area contributed by atoms with Gasteiger partial charge in [0.05, 0.1) is 18.1 Å². The van der Waals surface area contributed by atoms with Gasteiger partial charge in [-0.25, -0.2) is 0 Å². The van der Waals surface area contributed by atoms with Gasteiger partial charge in [0.25, 0.3) is 5.56 Å². The Bertz CT molecular complexity index is 1670. The molecule has 5 rings (SSSR count). The predicted octanol–water partition coefficient (Wildman–Crippen LogP) is 6.99. The number of carbonyl (C=O) groups is 1. The Kier molecular flexibility index (Phi) is 6.80. The number of carbonyl (C=O) groups excluding carboxylic acids is 1. The number of hydrogen-bond acceptors (Lipinski definition) is 4. The number of aromatic hydroxyl groups is 1. The molecular weight excluding hydrogens is 486 g/mol. The van der Waals surface area contributed by atoms with E-state index in [1.54, 1.807) is 25.1 Å². The second-order valence-corrected chi connectivity index (χ2v) is 9.07. The first kappa shape index (κ1) is 24.3. The average molecular weight is 510 g/mol. The topological polar surface area (TPSA) is 79.4 Å². The Morgan fingerprint density at radius 1 is 0.838 bits per heavy atom. The summed E-state index contributed by atoms with van der Waals surface area (Å²) in [6.07, 6.45) is 0.0800. The zero-order valence-electron chi connectivity index (χ0n) is 20.1. The molecule has 0 aliphatic carbocycles. The minimum Gasteiger partial charge on any atom is -0.507 e. The summed E-state index contributed by atoms with van der Waals surface area (Å²) in [7, 11) is 0. The molecule has 0 aliphatic heterocycles. The molecule has 0 amide bonds. The molecule has 4 aromatic carbocycles. The molecule has 0 bridgehead atoms. The second kappa shape index (κ2) is 10.3. The second-order valence-electron chi connectivity index (χ2n) is 8.66. The molecule has 0 unspecified atom stereocenters. The molecule has 0 aliphatic rings. The number of benzene rings is 4. The van der Waals surface area contributed by atoms with Crippen molar-refractivity contribution in [1.29, 1.82) is 0 Å². The number of phenolic OH excluding ortho intramolecular Hbond substituents is 1. The van der Waals surface area contributed by atoms with Gasteiger partial charge < -0.3 is 14.8 Å². The number of para-hydroxylation sites is 1. The van der Waals surface area contributed by atoms with Crippen molar-refractivity contribution >= 4 is 28.5 Å². The largest absolute Gasteiger partial charge is 0.507 e. The van der Waals surface area contributed by atoms with Gasteiger partial charge in [0.1, 0.15) is 5.75 Å². The molecule has 0 radical (unpaired) electrons. The Balaban J connectivity index is 1.56. The smallest absolute Gasteiger partial charge is 0.310 e. The van der Waals surface area contributed by atoms with Crippen LogP contribution in [0.25, 0.3) is 44.3 Å². The van der Waals surface area contributed by atoms with E-state index in [1.807, 2.05) is 72.8 Å². The number of fused-ring (bicyclic) bond motifs is 1. The van der Waals surface area contributed by atoms with Gasteiger partial charge in [-0.3, -0.25) is 9.59 Å². The fraction of sp³-hybridized carbons (Fsp3) is 0.0968. The van der Waals surface area contributed by atoms with E-state index in [0.717, 1.165) is 33.2 Å². The maximum absolute atomic E-state index is 13.0. The zero-order valence-corrected chi connectivity index (χ0v) is 20.9. The lowest BCUT2D eigenvalue weighted by molar-refractivity contribution is -0.142. The Morgan fingerprint density at radius 3 is 2.16 bits per heavy atom. The van der Waals surface area contributed by atoms with E-state index in [-0.39, 0.29) is 23.7 Å². The van der Waals surface area contributed by atoms with Gasteiger partial charge >= 0.3 is 5.97 Å². The van der Waals surface area contributed by atoms with Gasteiger partial charge in [-0.1, -0.05) is 78.3 Å². The monoisotopic (exact) mass is 509 g/mol. The molecule has 0 saturated heterocycles. The van der Waals surface area contributed by atoms with Crippen molar-refractivity contribution in [3.05, 3.63) is 112 Å².